The van der Waals surface area contributed by atoms with Crippen molar-refractivity contribution in [3.05, 3.63) is 187 Å². The van der Waals surface area contributed by atoms with Gasteiger partial charge in [-0.2, -0.15) is 4.98 Å². The molecule has 7 heteroatoms. The lowest BCUT2D eigenvalue weighted by Crippen LogP contribution is -2.14. The van der Waals surface area contributed by atoms with E-state index in [4.69, 9.17) is 19.9 Å². The summed E-state index contributed by atoms with van der Waals surface area (Å²) in [6.07, 6.45) is 7.44. The van der Waals surface area contributed by atoms with Crippen LogP contribution in [0.25, 0.3) is 65.5 Å². The number of hydrogen-bond donors (Lipinski definition) is 0. The molecule has 0 radical (unpaired) electrons. The maximum Gasteiger partial charge on any atom is 0.237 e. The van der Waals surface area contributed by atoms with Gasteiger partial charge < -0.3 is 0 Å². The van der Waals surface area contributed by atoms with Crippen LogP contribution in [-0.2, 0) is 0 Å². The number of para-hydroxylation sites is 2. The maximum atomic E-state index is 5.41. The largest absolute Gasteiger partial charge is 0.279 e. The van der Waals surface area contributed by atoms with E-state index in [1.807, 2.05) is 18.3 Å². The van der Waals surface area contributed by atoms with E-state index in [-0.39, 0.29) is 0 Å². The Balaban J connectivity index is 1.11. The molecule has 0 N–H and O–H groups in total. The van der Waals surface area contributed by atoms with Gasteiger partial charge in [-0.3, -0.25) is 9.47 Å². The Bertz CT molecular complexity index is 3080. The molecule has 1 aliphatic carbocycles. The third-order valence-corrected chi connectivity index (χ3v) is 11.8. The topological polar surface area (TPSA) is 59.7 Å². The van der Waals surface area contributed by atoms with Crippen molar-refractivity contribution in [3.8, 4) is 17.2 Å². The summed E-state index contributed by atoms with van der Waals surface area (Å²) in [5, 5.41) is 3.10. The minimum atomic E-state index is 0.308. The zero-order valence-electron chi connectivity index (χ0n) is 29.6. The highest BCUT2D eigenvalue weighted by atomic mass is 32.1. The normalized spacial score (nSPS) is 13.9. The molecule has 6 nitrogen and oxygen atoms in total. The molecular weight excluding hydrogens is 693 g/mol. The number of fused-ring (bicyclic) bond motifs is 7. The van der Waals surface area contributed by atoms with Crippen LogP contribution in [0.3, 0.4) is 0 Å². The van der Waals surface area contributed by atoms with Crippen LogP contribution in [0.4, 0.5) is 17.3 Å². The summed E-state index contributed by atoms with van der Waals surface area (Å²) in [6.45, 7) is 0. The van der Waals surface area contributed by atoms with Crippen LogP contribution in [0.5, 0.6) is 0 Å². The molecule has 6 aromatic carbocycles. The van der Waals surface area contributed by atoms with Crippen molar-refractivity contribution >= 4 is 77.0 Å². The molecule has 0 fully saturated rings. The third kappa shape index (κ3) is 5.23. The van der Waals surface area contributed by atoms with Gasteiger partial charge in [-0.05, 0) is 59.5 Å². The third-order valence-electron chi connectivity index (χ3n) is 10.7. The maximum absolute atomic E-state index is 5.41. The minimum absolute atomic E-state index is 0.308. The van der Waals surface area contributed by atoms with Gasteiger partial charge in [-0.1, -0.05) is 133 Å². The van der Waals surface area contributed by atoms with Gasteiger partial charge in [0.05, 0.1) is 21.4 Å². The van der Waals surface area contributed by atoms with E-state index < -0.39 is 0 Å². The quantitative estimate of drug-likeness (QED) is 0.171. The standard InChI is InChI=1S/C48H32N6S/c1-3-15-33(16-4-1)43-45-44(39-22-10-12-25-42(39)55-45)51-48(50-43)54-41-24-11-9-21-38(41)40-30-49-47(52-46(40)54)53(34-18-5-2-6-19-34)35-28-26-32(27-29-35)37-23-13-17-31-14-7-8-20-36(31)37/h1-22,24-30,37H,23H2. The van der Waals surface area contributed by atoms with Crippen LogP contribution in [-0.4, -0.2) is 24.5 Å². The van der Waals surface area contributed by atoms with Gasteiger partial charge in [0.2, 0.25) is 11.9 Å². The summed E-state index contributed by atoms with van der Waals surface area (Å²) < 4.78 is 4.36. The summed E-state index contributed by atoms with van der Waals surface area (Å²) in [7, 11) is 0. The monoisotopic (exact) mass is 724 g/mol. The Morgan fingerprint density at radius 1 is 0.618 bits per heavy atom. The summed E-state index contributed by atoms with van der Waals surface area (Å²) in [5.41, 5.74) is 10.5. The fourth-order valence-corrected chi connectivity index (χ4v) is 9.24. The highest BCUT2D eigenvalue weighted by molar-refractivity contribution is 7.26. The highest BCUT2D eigenvalue weighted by Crippen LogP contribution is 2.41. The van der Waals surface area contributed by atoms with Crippen molar-refractivity contribution in [1.82, 2.24) is 24.5 Å². The van der Waals surface area contributed by atoms with Gasteiger partial charge in [0, 0.05) is 49.9 Å². The van der Waals surface area contributed by atoms with Gasteiger partial charge in [0.1, 0.15) is 0 Å². The molecule has 55 heavy (non-hydrogen) atoms. The first-order valence-electron chi connectivity index (χ1n) is 18.5. The van der Waals surface area contributed by atoms with Crippen molar-refractivity contribution in [2.75, 3.05) is 4.90 Å². The molecule has 4 aromatic heterocycles. The lowest BCUT2D eigenvalue weighted by molar-refractivity contribution is 0.819. The van der Waals surface area contributed by atoms with E-state index in [2.05, 4.69) is 167 Å². The molecule has 0 bridgehead atoms. The van der Waals surface area contributed by atoms with Crippen LogP contribution in [0, 0.1) is 0 Å². The number of allylic oxidation sites excluding steroid dienone is 1. The molecule has 1 aliphatic rings. The van der Waals surface area contributed by atoms with E-state index in [9.17, 15) is 0 Å². The van der Waals surface area contributed by atoms with Crippen molar-refractivity contribution in [3.63, 3.8) is 0 Å². The van der Waals surface area contributed by atoms with Gasteiger partial charge in [0.25, 0.3) is 0 Å². The number of hydrogen-bond acceptors (Lipinski definition) is 6. The van der Waals surface area contributed by atoms with Gasteiger partial charge in [-0.15, -0.1) is 11.3 Å². The van der Waals surface area contributed by atoms with Crippen LogP contribution >= 0.6 is 11.3 Å². The lowest BCUT2D eigenvalue weighted by Gasteiger charge is -2.25. The van der Waals surface area contributed by atoms with E-state index in [1.165, 1.54) is 21.4 Å². The van der Waals surface area contributed by atoms with Gasteiger partial charge in [-0.25, -0.2) is 15.0 Å². The summed E-state index contributed by atoms with van der Waals surface area (Å²) in [6, 6.07) is 55.2. The molecule has 4 heterocycles. The summed E-state index contributed by atoms with van der Waals surface area (Å²) in [5.74, 6) is 1.44. The zero-order valence-corrected chi connectivity index (χ0v) is 30.4. The van der Waals surface area contributed by atoms with Crippen LogP contribution in [0.1, 0.15) is 29.0 Å². The van der Waals surface area contributed by atoms with Crippen LogP contribution in [0.2, 0.25) is 0 Å². The van der Waals surface area contributed by atoms with Crippen LogP contribution in [0.15, 0.2) is 170 Å². The first-order valence-corrected chi connectivity index (χ1v) is 19.3. The number of rotatable bonds is 6. The fourth-order valence-electron chi connectivity index (χ4n) is 8.08. The second-order valence-corrected chi connectivity index (χ2v) is 14.9. The Hall–Kier alpha value is -6.96. The first-order chi connectivity index (χ1) is 27.3. The molecule has 0 saturated heterocycles. The van der Waals surface area contributed by atoms with Crippen molar-refractivity contribution in [2.24, 2.45) is 0 Å². The fraction of sp³-hybridized carbons (Fsp3) is 0.0417. The lowest BCUT2D eigenvalue weighted by atomic mass is 9.82. The molecule has 1 atom stereocenters. The molecule has 0 amide bonds. The Morgan fingerprint density at radius 2 is 1.33 bits per heavy atom. The molecule has 0 aliphatic heterocycles. The van der Waals surface area contributed by atoms with Crippen molar-refractivity contribution in [2.45, 2.75) is 12.3 Å². The van der Waals surface area contributed by atoms with Crippen molar-refractivity contribution < 1.29 is 0 Å². The second-order valence-electron chi connectivity index (χ2n) is 13.9. The summed E-state index contributed by atoms with van der Waals surface area (Å²) in [4.78, 5) is 23.3. The average Bonchev–Trinajstić information content (AvgIpc) is 3.80. The van der Waals surface area contributed by atoms with Gasteiger partial charge >= 0.3 is 0 Å². The molecule has 0 spiro atoms. The Labute approximate surface area is 321 Å². The molecule has 1 unspecified atom stereocenters. The molecule has 260 valence electrons. The predicted octanol–water partition coefficient (Wildman–Crippen LogP) is 12.4. The number of thiophene rings is 1. The smallest absolute Gasteiger partial charge is 0.237 e. The first kappa shape index (κ1) is 31.6. The highest BCUT2D eigenvalue weighted by Gasteiger charge is 2.24. The Morgan fingerprint density at radius 3 is 2.18 bits per heavy atom. The molecular formula is C48H32N6S. The van der Waals surface area contributed by atoms with E-state index in [1.54, 1.807) is 11.3 Å². The van der Waals surface area contributed by atoms with E-state index in [0.717, 1.165) is 66.6 Å². The number of anilines is 3. The summed E-state index contributed by atoms with van der Waals surface area (Å²) >= 11 is 1.73. The van der Waals surface area contributed by atoms with Crippen LogP contribution < -0.4 is 4.90 Å². The molecule has 10 aromatic rings. The average molecular weight is 725 g/mol. The molecule has 0 saturated carbocycles. The molecule has 11 rings (SSSR count). The second kappa shape index (κ2) is 12.9. The van der Waals surface area contributed by atoms with E-state index >= 15 is 0 Å². The van der Waals surface area contributed by atoms with Gasteiger partial charge in [0.15, 0.2) is 5.65 Å². The number of aromatic nitrogens is 5. The van der Waals surface area contributed by atoms with E-state index in [0.29, 0.717) is 17.8 Å². The number of nitrogens with zero attached hydrogens (tertiary/aromatic N) is 6. The minimum Gasteiger partial charge on any atom is -0.279 e. The van der Waals surface area contributed by atoms with Crippen molar-refractivity contribution in [1.29, 1.82) is 0 Å². The Kier molecular flexibility index (Phi) is 7.38. The zero-order chi connectivity index (χ0) is 36.3. The predicted molar refractivity (Wildman–Crippen MR) is 227 cm³/mol. The SMILES string of the molecule is C1=Cc2ccccc2C(c2ccc(N(c3ccccc3)c3ncc4c5ccccc5n(-c5nc(-c6ccccc6)c6sc7ccccc7c6n5)c4n3)cc2)C1. The number of benzene rings is 6.